The highest BCUT2D eigenvalue weighted by atomic mass is 32.2. The number of methoxy groups -OCH3 is 1. The molecule has 0 amide bonds. The van der Waals surface area contributed by atoms with Gasteiger partial charge < -0.3 is 4.74 Å². The predicted octanol–water partition coefficient (Wildman–Crippen LogP) is 4.17. The van der Waals surface area contributed by atoms with E-state index < -0.39 is 0 Å². The largest absolute Gasteiger partial charge is 0.496 e. The van der Waals surface area contributed by atoms with Crippen LogP contribution < -0.4 is 4.74 Å². The van der Waals surface area contributed by atoms with Crippen LogP contribution in [0.4, 0.5) is 0 Å². The Morgan fingerprint density at radius 2 is 1.80 bits per heavy atom. The standard InChI is InChI=1S/C17H22O2S/c1-10-7-16(19-3)11(2)6-15(10)17(18)12-8-13-4-5-14(9-12)20-13/h6-7,12-14H,4-5,8-9H2,1-3H3. The van der Waals surface area contributed by atoms with E-state index in [0.29, 0.717) is 5.78 Å². The van der Waals surface area contributed by atoms with E-state index in [1.54, 1.807) is 7.11 Å². The van der Waals surface area contributed by atoms with Gasteiger partial charge in [-0.3, -0.25) is 4.79 Å². The van der Waals surface area contributed by atoms with Gasteiger partial charge in [-0.2, -0.15) is 11.8 Å². The monoisotopic (exact) mass is 290 g/mol. The van der Waals surface area contributed by atoms with Crippen LogP contribution in [-0.2, 0) is 0 Å². The zero-order chi connectivity index (χ0) is 14.3. The highest BCUT2D eigenvalue weighted by Gasteiger charge is 2.38. The average molecular weight is 290 g/mol. The van der Waals surface area contributed by atoms with E-state index in [2.05, 4.69) is 11.8 Å². The summed E-state index contributed by atoms with van der Waals surface area (Å²) in [5.41, 5.74) is 3.00. The number of thioether (sulfide) groups is 1. The van der Waals surface area contributed by atoms with Gasteiger partial charge in [0, 0.05) is 22.0 Å². The van der Waals surface area contributed by atoms with Crippen LogP contribution in [0, 0.1) is 19.8 Å². The van der Waals surface area contributed by atoms with Crippen LogP contribution in [0.25, 0.3) is 0 Å². The third-order valence-electron chi connectivity index (χ3n) is 4.67. The van der Waals surface area contributed by atoms with Gasteiger partial charge in [-0.1, -0.05) is 0 Å². The topological polar surface area (TPSA) is 26.3 Å². The minimum absolute atomic E-state index is 0.236. The quantitative estimate of drug-likeness (QED) is 0.782. The average Bonchev–Trinajstić information content (AvgIpc) is 2.78. The van der Waals surface area contributed by atoms with E-state index in [4.69, 9.17) is 4.74 Å². The molecule has 108 valence electrons. The van der Waals surface area contributed by atoms with Crippen molar-refractivity contribution in [3.8, 4) is 5.75 Å². The Morgan fingerprint density at radius 1 is 1.15 bits per heavy atom. The van der Waals surface area contributed by atoms with Crippen LogP contribution in [0.5, 0.6) is 5.75 Å². The molecule has 3 rings (SSSR count). The fourth-order valence-electron chi connectivity index (χ4n) is 3.57. The normalized spacial score (nSPS) is 28.4. The summed E-state index contributed by atoms with van der Waals surface area (Å²) >= 11 is 2.11. The van der Waals surface area contributed by atoms with Gasteiger partial charge in [0.25, 0.3) is 0 Å². The molecule has 2 aliphatic heterocycles. The van der Waals surface area contributed by atoms with Gasteiger partial charge in [0.2, 0.25) is 0 Å². The highest BCUT2D eigenvalue weighted by molar-refractivity contribution is 8.00. The Bertz CT molecular complexity index is 526. The molecule has 2 saturated heterocycles. The van der Waals surface area contributed by atoms with Gasteiger partial charge >= 0.3 is 0 Å². The summed E-state index contributed by atoms with van der Waals surface area (Å²) in [4.78, 5) is 12.8. The number of rotatable bonds is 3. The van der Waals surface area contributed by atoms with Gasteiger partial charge in [0.15, 0.2) is 5.78 Å². The van der Waals surface area contributed by atoms with Crippen molar-refractivity contribution < 1.29 is 9.53 Å². The molecule has 2 atom stereocenters. The van der Waals surface area contributed by atoms with E-state index in [1.165, 1.54) is 12.8 Å². The smallest absolute Gasteiger partial charge is 0.166 e. The Labute approximate surface area is 125 Å². The van der Waals surface area contributed by atoms with Crippen LogP contribution in [-0.4, -0.2) is 23.4 Å². The molecule has 2 bridgehead atoms. The highest BCUT2D eigenvalue weighted by Crippen LogP contribution is 2.46. The molecule has 0 spiro atoms. The third-order valence-corrected chi connectivity index (χ3v) is 6.29. The fourth-order valence-corrected chi connectivity index (χ4v) is 5.34. The summed E-state index contributed by atoms with van der Waals surface area (Å²) in [6, 6.07) is 4.01. The molecule has 1 aromatic carbocycles. The maximum absolute atomic E-state index is 12.8. The second kappa shape index (κ2) is 5.44. The number of Topliss-reactive ketones (excluding diaryl/α,β-unsaturated/α-hetero) is 1. The van der Waals surface area contributed by atoms with Crippen LogP contribution >= 0.6 is 11.8 Å². The molecule has 2 aliphatic rings. The molecular formula is C17H22O2S. The van der Waals surface area contributed by atoms with Crippen molar-refractivity contribution in [2.45, 2.75) is 50.0 Å². The predicted molar refractivity (Wildman–Crippen MR) is 83.9 cm³/mol. The maximum atomic E-state index is 12.8. The number of benzene rings is 1. The second-order valence-electron chi connectivity index (χ2n) is 6.13. The molecular weight excluding hydrogens is 268 g/mol. The summed E-state index contributed by atoms with van der Waals surface area (Å²) in [5, 5.41) is 1.45. The van der Waals surface area contributed by atoms with Gasteiger partial charge in [-0.25, -0.2) is 0 Å². The van der Waals surface area contributed by atoms with Crippen molar-refractivity contribution in [1.82, 2.24) is 0 Å². The molecule has 0 radical (unpaired) electrons. The lowest BCUT2D eigenvalue weighted by Crippen LogP contribution is -2.25. The summed E-state index contributed by atoms with van der Waals surface area (Å²) in [6.07, 6.45) is 4.76. The molecule has 20 heavy (non-hydrogen) atoms. The van der Waals surface area contributed by atoms with Gasteiger partial charge in [-0.05, 0) is 62.8 Å². The molecule has 1 aromatic rings. The first-order valence-electron chi connectivity index (χ1n) is 7.43. The number of hydrogen-bond acceptors (Lipinski definition) is 3. The summed E-state index contributed by atoms with van der Waals surface area (Å²) in [5.74, 6) is 1.46. The number of fused-ring (bicyclic) bond motifs is 2. The lowest BCUT2D eigenvalue weighted by Gasteiger charge is -2.27. The van der Waals surface area contributed by atoms with Gasteiger partial charge in [0.05, 0.1) is 7.11 Å². The van der Waals surface area contributed by atoms with Crippen molar-refractivity contribution in [3.05, 3.63) is 28.8 Å². The van der Waals surface area contributed by atoms with Crippen molar-refractivity contribution in [2.75, 3.05) is 7.11 Å². The van der Waals surface area contributed by atoms with Crippen LogP contribution in [0.15, 0.2) is 12.1 Å². The molecule has 0 N–H and O–H groups in total. The summed E-state index contributed by atoms with van der Waals surface area (Å²) in [7, 11) is 1.68. The van der Waals surface area contributed by atoms with E-state index in [-0.39, 0.29) is 5.92 Å². The number of carbonyl (C=O) groups excluding carboxylic acids is 1. The van der Waals surface area contributed by atoms with Crippen LogP contribution in [0.1, 0.15) is 47.2 Å². The Kier molecular flexibility index (Phi) is 3.80. The van der Waals surface area contributed by atoms with Crippen molar-refractivity contribution >= 4 is 17.5 Å². The minimum atomic E-state index is 0.236. The minimum Gasteiger partial charge on any atom is -0.496 e. The summed E-state index contributed by atoms with van der Waals surface area (Å²) in [6.45, 7) is 4.02. The molecule has 3 heteroatoms. The molecule has 0 aromatic heterocycles. The van der Waals surface area contributed by atoms with Crippen LogP contribution in [0.3, 0.4) is 0 Å². The first-order chi connectivity index (χ1) is 9.58. The van der Waals surface area contributed by atoms with Crippen molar-refractivity contribution in [3.63, 3.8) is 0 Å². The van der Waals surface area contributed by atoms with E-state index in [9.17, 15) is 4.79 Å². The van der Waals surface area contributed by atoms with Crippen molar-refractivity contribution in [1.29, 1.82) is 0 Å². The first kappa shape index (κ1) is 14.0. The molecule has 0 aliphatic carbocycles. The maximum Gasteiger partial charge on any atom is 0.166 e. The Morgan fingerprint density at radius 3 is 2.40 bits per heavy atom. The number of ketones is 1. The van der Waals surface area contributed by atoms with E-state index in [0.717, 1.165) is 45.8 Å². The van der Waals surface area contributed by atoms with Gasteiger partial charge in [-0.15, -0.1) is 0 Å². The Balaban J connectivity index is 1.85. The number of carbonyl (C=O) groups is 1. The molecule has 2 nitrogen and oxygen atoms in total. The second-order valence-corrected chi connectivity index (χ2v) is 7.73. The van der Waals surface area contributed by atoms with Crippen LogP contribution in [0.2, 0.25) is 0 Å². The lowest BCUT2D eigenvalue weighted by molar-refractivity contribution is 0.0906. The van der Waals surface area contributed by atoms with E-state index in [1.807, 2.05) is 26.0 Å². The zero-order valence-corrected chi connectivity index (χ0v) is 13.3. The molecule has 2 unspecified atom stereocenters. The fraction of sp³-hybridized carbons (Fsp3) is 0.588. The molecule has 2 fully saturated rings. The first-order valence-corrected chi connectivity index (χ1v) is 8.37. The molecule has 0 saturated carbocycles. The number of hydrogen-bond donors (Lipinski definition) is 0. The van der Waals surface area contributed by atoms with Crippen molar-refractivity contribution in [2.24, 2.45) is 5.92 Å². The lowest BCUT2D eigenvalue weighted by atomic mass is 9.88. The number of ether oxygens (including phenoxy) is 1. The van der Waals surface area contributed by atoms with Gasteiger partial charge in [0.1, 0.15) is 5.75 Å². The zero-order valence-electron chi connectivity index (χ0n) is 12.4. The third kappa shape index (κ3) is 2.48. The summed E-state index contributed by atoms with van der Waals surface area (Å²) < 4.78 is 5.34. The molecule has 2 heterocycles. The number of aryl methyl sites for hydroxylation is 2. The Hall–Kier alpha value is -0.960. The SMILES string of the molecule is COc1cc(C)c(C(=O)C2CC3CCC(C2)S3)cc1C. The van der Waals surface area contributed by atoms with E-state index >= 15 is 0 Å².